The van der Waals surface area contributed by atoms with Crippen LogP contribution in [0.4, 0.5) is 5.69 Å². The Bertz CT molecular complexity index is 649. The molecule has 5 nitrogen and oxygen atoms in total. The summed E-state index contributed by atoms with van der Waals surface area (Å²) in [6.07, 6.45) is 4.15. The van der Waals surface area contributed by atoms with Gasteiger partial charge in [-0.1, -0.05) is 50.1 Å². The summed E-state index contributed by atoms with van der Waals surface area (Å²) in [5, 5.41) is 3.80. The lowest BCUT2D eigenvalue weighted by Crippen LogP contribution is -2.34. The van der Waals surface area contributed by atoms with Crippen molar-refractivity contribution < 1.29 is 9.59 Å². The van der Waals surface area contributed by atoms with Crippen molar-refractivity contribution in [3.05, 3.63) is 29.3 Å². The predicted molar refractivity (Wildman–Crippen MR) is 110 cm³/mol. The van der Waals surface area contributed by atoms with E-state index < -0.39 is 5.25 Å². The van der Waals surface area contributed by atoms with Crippen LogP contribution in [-0.2, 0) is 9.59 Å². The Balaban J connectivity index is 1.98. The Hall–Kier alpha value is -1.53. The Kier molecular flexibility index (Phi) is 8.45. The smallest absolute Gasteiger partial charge is 0.242 e. The van der Waals surface area contributed by atoms with E-state index in [-0.39, 0.29) is 18.2 Å². The fraction of sp³-hybridized carbons (Fsp3) is 0.526. The van der Waals surface area contributed by atoms with Crippen molar-refractivity contribution in [3.63, 3.8) is 0 Å². The van der Waals surface area contributed by atoms with Crippen molar-refractivity contribution in [3.8, 4) is 0 Å². The molecule has 1 aliphatic heterocycles. The summed E-state index contributed by atoms with van der Waals surface area (Å²) < 4.78 is 0. The first-order chi connectivity index (χ1) is 12.5. The molecule has 1 N–H and O–H groups in total. The molecule has 2 rings (SSSR count). The van der Waals surface area contributed by atoms with Crippen molar-refractivity contribution in [2.75, 3.05) is 18.4 Å². The SMILES string of the molecule is CCCCN=C1SC(CC(=O)Nc2ccc(Cl)cc2)C(=O)N1CCCC. The van der Waals surface area contributed by atoms with E-state index in [0.29, 0.717) is 17.3 Å². The van der Waals surface area contributed by atoms with Gasteiger partial charge in [-0.25, -0.2) is 0 Å². The van der Waals surface area contributed by atoms with Crippen LogP contribution in [0.5, 0.6) is 0 Å². The van der Waals surface area contributed by atoms with Crippen LogP contribution in [0.25, 0.3) is 0 Å². The van der Waals surface area contributed by atoms with Gasteiger partial charge in [0.05, 0.1) is 0 Å². The third-order valence-electron chi connectivity index (χ3n) is 4.01. The van der Waals surface area contributed by atoms with Gasteiger partial charge in [-0.3, -0.25) is 19.5 Å². The number of rotatable bonds is 9. The highest BCUT2D eigenvalue weighted by Gasteiger charge is 2.38. The molecule has 26 heavy (non-hydrogen) atoms. The van der Waals surface area contributed by atoms with Gasteiger partial charge in [0.15, 0.2) is 5.17 Å². The van der Waals surface area contributed by atoms with Crippen LogP contribution in [-0.4, -0.2) is 40.2 Å². The third-order valence-corrected chi connectivity index (χ3v) is 5.48. The van der Waals surface area contributed by atoms with Crippen molar-refractivity contribution in [2.24, 2.45) is 4.99 Å². The molecule has 7 heteroatoms. The summed E-state index contributed by atoms with van der Waals surface area (Å²) in [7, 11) is 0. The van der Waals surface area contributed by atoms with Crippen LogP contribution in [0.15, 0.2) is 29.3 Å². The maximum atomic E-state index is 12.7. The summed E-state index contributed by atoms with van der Waals surface area (Å²) in [4.78, 5) is 31.4. The maximum Gasteiger partial charge on any atom is 0.242 e. The van der Waals surface area contributed by atoms with Crippen LogP contribution >= 0.6 is 23.4 Å². The van der Waals surface area contributed by atoms with Crippen molar-refractivity contribution in [2.45, 2.75) is 51.2 Å². The Morgan fingerprint density at radius 2 is 1.92 bits per heavy atom. The van der Waals surface area contributed by atoms with Gasteiger partial charge >= 0.3 is 0 Å². The van der Waals surface area contributed by atoms with Crippen LogP contribution < -0.4 is 5.32 Å². The summed E-state index contributed by atoms with van der Waals surface area (Å²) in [5.74, 6) is -0.187. The number of unbranched alkanes of at least 4 members (excludes halogenated alkanes) is 2. The fourth-order valence-corrected chi connectivity index (χ4v) is 3.85. The van der Waals surface area contributed by atoms with Crippen LogP contribution in [0, 0.1) is 0 Å². The lowest BCUT2D eigenvalue weighted by atomic mass is 10.2. The minimum Gasteiger partial charge on any atom is -0.326 e. The molecule has 1 saturated heterocycles. The van der Waals surface area contributed by atoms with Crippen LogP contribution in [0.3, 0.4) is 0 Å². The number of amides is 2. The standard InChI is InChI=1S/C19H26ClN3O2S/c1-3-5-11-21-19-23(12-6-4-2)18(25)16(26-19)13-17(24)22-15-9-7-14(20)8-10-15/h7-10,16H,3-6,11-13H2,1-2H3,(H,22,24). The van der Waals surface area contributed by atoms with Gasteiger partial charge in [-0.2, -0.15) is 0 Å². The first-order valence-electron chi connectivity index (χ1n) is 9.13. The van der Waals surface area contributed by atoms with Gasteiger partial charge in [0, 0.05) is 30.2 Å². The highest BCUT2D eigenvalue weighted by Crippen LogP contribution is 2.30. The molecule has 1 unspecified atom stereocenters. The largest absolute Gasteiger partial charge is 0.326 e. The van der Waals surface area contributed by atoms with E-state index >= 15 is 0 Å². The first-order valence-corrected chi connectivity index (χ1v) is 10.4. The molecule has 1 atom stereocenters. The predicted octanol–water partition coefficient (Wildman–Crippen LogP) is 4.57. The number of aliphatic imine (C=N–C) groups is 1. The quantitative estimate of drug-likeness (QED) is 0.623. The molecular formula is C19H26ClN3O2S. The molecule has 0 spiro atoms. The molecule has 0 radical (unpaired) electrons. The van der Waals surface area contributed by atoms with E-state index in [2.05, 4.69) is 24.2 Å². The maximum absolute atomic E-state index is 12.7. The third kappa shape index (κ3) is 6.02. The van der Waals surface area contributed by atoms with Crippen molar-refractivity contribution >= 4 is 46.0 Å². The summed E-state index contributed by atoms with van der Waals surface area (Å²) in [6, 6.07) is 6.93. The van der Waals surface area contributed by atoms with Gasteiger partial charge < -0.3 is 5.32 Å². The van der Waals surface area contributed by atoms with E-state index in [1.807, 2.05) is 0 Å². The Morgan fingerprint density at radius 1 is 1.23 bits per heavy atom. The van der Waals surface area contributed by atoms with E-state index in [9.17, 15) is 9.59 Å². The number of carbonyl (C=O) groups is 2. The number of hydrogen-bond acceptors (Lipinski definition) is 4. The molecule has 1 aromatic rings. The molecular weight excluding hydrogens is 370 g/mol. The van der Waals surface area contributed by atoms with E-state index in [1.54, 1.807) is 29.2 Å². The summed E-state index contributed by atoms with van der Waals surface area (Å²) in [5.41, 5.74) is 0.675. The highest BCUT2D eigenvalue weighted by molar-refractivity contribution is 8.15. The van der Waals surface area contributed by atoms with Crippen LogP contribution in [0.2, 0.25) is 5.02 Å². The number of benzene rings is 1. The highest BCUT2D eigenvalue weighted by atomic mass is 35.5. The molecule has 0 saturated carbocycles. The number of amidine groups is 1. The number of thioether (sulfide) groups is 1. The average molecular weight is 396 g/mol. The first kappa shape index (κ1) is 20.8. The number of carbonyl (C=O) groups excluding carboxylic acids is 2. The second kappa shape index (κ2) is 10.6. The second-order valence-corrected chi connectivity index (χ2v) is 7.83. The number of hydrogen-bond donors (Lipinski definition) is 1. The second-order valence-electron chi connectivity index (χ2n) is 6.23. The number of nitrogens with one attached hydrogen (secondary N) is 1. The molecule has 0 aromatic heterocycles. The van der Waals surface area contributed by atoms with E-state index in [1.165, 1.54) is 11.8 Å². The van der Waals surface area contributed by atoms with Gasteiger partial charge in [-0.15, -0.1) is 0 Å². The minimum absolute atomic E-state index is 0.00930. The van der Waals surface area contributed by atoms with E-state index in [0.717, 1.165) is 37.4 Å². The van der Waals surface area contributed by atoms with Crippen molar-refractivity contribution in [1.82, 2.24) is 4.90 Å². The summed E-state index contributed by atoms with van der Waals surface area (Å²) >= 11 is 7.26. The molecule has 1 aliphatic rings. The normalized spacial score (nSPS) is 18.6. The van der Waals surface area contributed by atoms with Gasteiger partial charge in [0.1, 0.15) is 5.25 Å². The Labute approximate surface area is 164 Å². The monoisotopic (exact) mass is 395 g/mol. The lowest BCUT2D eigenvalue weighted by Gasteiger charge is -2.15. The molecule has 1 aromatic carbocycles. The molecule has 0 bridgehead atoms. The Morgan fingerprint density at radius 3 is 2.58 bits per heavy atom. The molecule has 2 amide bonds. The van der Waals surface area contributed by atoms with Crippen molar-refractivity contribution in [1.29, 1.82) is 0 Å². The van der Waals surface area contributed by atoms with Crippen LogP contribution in [0.1, 0.15) is 46.0 Å². The van der Waals surface area contributed by atoms with Gasteiger partial charge in [0.2, 0.25) is 11.8 Å². The zero-order valence-corrected chi connectivity index (χ0v) is 16.9. The molecule has 142 valence electrons. The number of nitrogens with zero attached hydrogens (tertiary/aromatic N) is 2. The number of halogens is 1. The minimum atomic E-state index is -0.403. The van der Waals surface area contributed by atoms with E-state index in [4.69, 9.17) is 11.6 Å². The molecule has 0 aliphatic carbocycles. The molecule has 1 heterocycles. The summed E-state index contributed by atoms with van der Waals surface area (Å²) in [6.45, 7) is 5.60. The van der Waals surface area contributed by atoms with Gasteiger partial charge in [-0.05, 0) is 37.1 Å². The topological polar surface area (TPSA) is 61.8 Å². The zero-order chi connectivity index (χ0) is 18.9. The number of anilines is 1. The van der Waals surface area contributed by atoms with Gasteiger partial charge in [0.25, 0.3) is 0 Å². The fourth-order valence-electron chi connectivity index (χ4n) is 2.53. The average Bonchev–Trinajstić information content (AvgIpc) is 2.90. The zero-order valence-electron chi connectivity index (χ0n) is 15.3. The molecule has 1 fully saturated rings. The lowest BCUT2D eigenvalue weighted by molar-refractivity contribution is -0.128.